The van der Waals surface area contributed by atoms with Crippen molar-refractivity contribution in [1.29, 1.82) is 0 Å². The Balaban J connectivity index is 2.91. The number of ether oxygens (including phenoxy) is 2. The van der Waals surface area contributed by atoms with E-state index in [2.05, 4.69) is 15.6 Å². The van der Waals surface area contributed by atoms with Crippen molar-refractivity contribution in [1.82, 2.24) is 20.2 Å². The third-order valence-electron chi connectivity index (χ3n) is 3.07. The smallest absolute Gasteiger partial charge is 0.419 e. The molecule has 0 bridgehead atoms. The Labute approximate surface area is 168 Å². The Kier molecular flexibility index (Phi) is 7.75. The number of aromatic nitrogens is 2. The lowest BCUT2D eigenvalue weighted by atomic mass is 10.1. The maximum absolute atomic E-state index is 12.3. The first-order valence-corrected chi connectivity index (χ1v) is 8.91. The molecule has 0 aliphatic rings. The number of nitrogens with one attached hydrogen (secondary N) is 2. The summed E-state index contributed by atoms with van der Waals surface area (Å²) in [4.78, 5) is 51.2. The molecule has 1 atom stereocenters. The van der Waals surface area contributed by atoms with E-state index in [1.54, 1.807) is 41.5 Å². The highest BCUT2D eigenvalue weighted by Crippen LogP contribution is 2.11. The molecule has 2 amide bonds. The molecule has 0 fully saturated rings. The van der Waals surface area contributed by atoms with Crippen LogP contribution in [-0.4, -0.2) is 62.5 Å². The van der Waals surface area contributed by atoms with Crippen molar-refractivity contribution in [2.75, 3.05) is 6.54 Å². The monoisotopic (exact) mass is 412 g/mol. The second kappa shape index (κ2) is 9.39. The highest BCUT2D eigenvalue weighted by Gasteiger charge is 2.26. The molecule has 1 heterocycles. The molecule has 0 radical (unpaired) electrons. The molecule has 0 spiro atoms. The van der Waals surface area contributed by atoms with Gasteiger partial charge in [0.25, 0.3) is 0 Å². The van der Waals surface area contributed by atoms with Gasteiger partial charge >= 0.3 is 18.2 Å². The molecule has 1 aromatic heterocycles. The van der Waals surface area contributed by atoms with Gasteiger partial charge in [0.05, 0.1) is 5.69 Å². The van der Waals surface area contributed by atoms with Gasteiger partial charge in [-0.3, -0.25) is 9.59 Å². The Bertz CT molecular complexity index is 759. The number of aliphatic carboxylic acids is 1. The van der Waals surface area contributed by atoms with Crippen molar-refractivity contribution in [3.05, 3.63) is 18.2 Å². The van der Waals surface area contributed by atoms with E-state index in [4.69, 9.17) is 14.6 Å². The molecule has 0 aromatic carbocycles. The quantitative estimate of drug-likeness (QED) is 0.633. The molecule has 1 aromatic rings. The average Bonchev–Trinajstić information content (AvgIpc) is 2.97. The number of carboxylic acid groups (broad SMARTS) is 1. The second-order valence-electron chi connectivity index (χ2n) is 8.27. The fraction of sp³-hybridized carbons (Fsp3) is 0.611. The molecular formula is C18H28N4O7. The number of hydrogen-bond acceptors (Lipinski definition) is 7. The van der Waals surface area contributed by atoms with Crippen LogP contribution in [0.15, 0.2) is 12.5 Å². The topological polar surface area (TPSA) is 149 Å². The number of imidazole rings is 1. The van der Waals surface area contributed by atoms with Crippen LogP contribution < -0.4 is 10.6 Å². The SMILES string of the molecule is CC(C)(C)OC(=O)N[C@@H](Cc1cn(C(=O)OC(C)(C)C)cn1)C(=O)NCC(=O)O. The van der Waals surface area contributed by atoms with Gasteiger partial charge in [-0.15, -0.1) is 0 Å². The van der Waals surface area contributed by atoms with Crippen LogP contribution in [0.4, 0.5) is 9.59 Å². The van der Waals surface area contributed by atoms with Gasteiger partial charge in [0.15, 0.2) is 0 Å². The number of nitrogens with zero attached hydrogens (tertiary/aromatic N) is 2. The van der Waals surface area contributed by atoms with Crippen molar-refractivity contribution >= 4 is 24.1 Å². The van der Waals surface area contributed by atoms with Crippen LogP contribution in [0, 0.1) is 0 Å². The van der Waals surface area contributed by atoms with E-state index in [1.807, 2.05) is 0 Å². The number of carboxylic acids is 1. The fourth-order valence-electron chi connectivity index (χ4n) is 2.04. The van der Waals surface area contributed by atoms with Crippen molar-refractivity contribution in [2.45, 2.75) is 65.2 Å². The van der Waals surface area contributed by atoms with Crippen molar-refractivity contribution < 1.29 is 33.8 Å². The van der Waals surface area contributed by atoms with E-state index in [0.29, 0.717) is 5.69 Å². The zero-order chi connectivity index (χ0) is 22.4. The average molecular weight is 412 g/mol. The van der Waals surface area contributed by atoms with Crippen LogP contribution in [0.5, 0.6) is 0 Å². The minimum absolute atomic E-state index is 0.0967. The van der Waals surface area contributed by atoms with E-state index >= 15 is 0 Å². The number of rotatable bonds is 6. The molecule has 3 N–H and O–H groups in total. The molecular weight excluding hydrogens is 384 g/mol. The molecule has 11 heteroatoms. The molecule has 1 rings (SSSR count). The third-order valence-corrected chi connectivity index (χ3v) is 3.07. The van der Waals surface area contributed by atoms with Crippen molar-refractivity contribution in [2.24, 2.45) is 0 Å². The fourth-order valence-corrected chi connectivity index (χ4v) is 2.04. The predicted molar refractivity (Wildman–Crippen MR) is 101 cm³/mol. The van der Waals surface area contributed by atoms with Crippen LogP contribution in [0.1, 0.15) is 47.2 Å². The van der Waals surface area contributed by atoms with Crippen LogP contribution in [0.3, 0.4) is 0 Å². The number of carbonyl (C=O) groups is 4. The van der Waals surface area contributed by atoms with Crippen molar-refractivity contribution in [3.8, 4) is 0 Å². The lowest BCUT2D eigenvalue weighted by Crippen LogP contribution is -2.50. The zero-order valence-corrected chi connectivity index (χ0v) is 17.4. The summed E-state index contributed by atoms with van der Waals surface area (Å²) in [5, 5.41) is 13.3. The Morgan fingerprint density at radius 3 is 2.21 bits per heavy atom. The van der Waals surface area contributed by atoms with E-state index in [0.717, 1.165) is 4.57 Å². The Hall–Kier alpha value is -3.11. The largest absolute Gasteiger partial charge is 0.480 e. The molecule has 0 aliphatic heterocycles. The summed E-state index contributed by atoms with van der Waals surface area (Å²) in [6.45, 7) is 9.53. The summed E-state index contributed by atoms with van der Waals surface area (Å²) in [6.07, 6.45) is 0.995. The molecule has 0 unspecified atom stereocenters. The maximum Gasteiger partial charge on any atom is 0.419 e. The van der Waals surface area contributed by atoms with E-state index in [1.165, 1.54) is 12.5 Å². The minimum Gasteiger partial charge on any atom is -0.480 e. The number of hydrogen-bond donors (Lipinski definition) is 3. The van der Waals surface area contributed by atoms with Crippen LogP contribution in [-0.2, 0) is 25.5 Å². The third kappa shape index (κ3) is 9.58. The van der Waals surface area contributed by atoms with E-state index in [9.17, 15) is 19.2 Å². The first kappa shape index (κ1) is 23.9. The molecule has 162 valence electrons. The van der Waals surface area contributed by atoms with Gasteiger partial charge in [-0.1, -0.05) is 0 Å². The summed E-state index contributed by atoms with van der Waals surface area (Å²) < 4.78 is 11.5. The Morgan fingerprint density at radius 2 is 1.69 bits per heavy atom. The van der Waals surface area contributed by atoms with E-state index < -0.39 is 47.9 Å². The lowest BCUT2D eigenvalue weighted by molar-refractivity contribution is -0.138. The lowest BCUT2D eigenvalue weighted by Gasteiger charge is -2.23. The van der Waals surface area contributed by atoms with Crippen LogP contribution in [0.2, 0.25) is 0 Å². The van der Waals surface area contributed by atoms with Gasteiger partial charge in [0, 0.05) is 12.6 Å². The van der Waals surface area contributed by atoms with Gasteiger partial charge in [0.2, 0.25) is 5.91 Å². The second-order valence-corrected chi connectivity index (χ2v) is 8.27. The highest BCUT2D eigenvalue weighted by molar-refractivity contribution is 5.88. The standard InChI is InChI=1S/C18H28N4O7/c1-17(2,3)28-15(26)21-12(14(25)19-8-13(23)24)7-11-9-22(10-20-11)16(27)29-18(4,5)6/h9-10,12H,7-8H2,1-6H3,(H,19,25)(H,21,26)(H,23,24)/t12-/m0/s1. The summed E-state index contributed by atoms with van der Waals surface area (Å²) in [6, 6.07) is -1.16. The van der Waals surface area contributed by atoms with Crippen molar-refractivity contribution in [3.63, 3.8) is 0 Å². The molecule has 0 saturated heterocycles. The normalized spacial score (nSPS) is 12.6. The van der Waals surface area contributed by atoms with E-state index in [-0.39, 0.29) is 6.42 Å². The molecule has 0 aliphatic carbocycles. The number of alkyl carbamates (subject to hydrolysis) is 1. The number of amides is 2. The predicted octanol–water partition coefficient (Wildman–Crippen LogP) is 1.30. The minimum atomic E-state index is -1.23. The van der Waals surface area contributed by atoms with Gasteiger partial charge in [-0.25, -0.2) is 19.1 Å². The maximum atomic E-state index is 12.3. The first-order valence-electron chi connectivity index (χ1n) is 8.91. The van der Waals surface area contributed by atoms with Gasteiger partial charge in [-0.2, -0.15) is 0 Å². The van der Waals surface area contributed by atoms with Crippen LogP contribution >= 0.6 is 0 Å². The van der Waals surface area contributed by atoms with Crippen LogP contribution in [0.25, 0.3) is 0 Å². The Morgan fingerprint density at radius 1 is 1.10 bits per heavy atom. The summed E-state index contributed by atoms with van der Waals surface area (Å²) in [7, 11) is 0. The van der Waals surface area contributed by atoms with Gasteiger partial charge in [-0.05, 0) is 41.5 Å². The molecule has 29 heavy (non-hydrogen) atoms. The highest BCUT2D eigenvalue weighted by atomic mass is 16.6. The molecule has 11 nitrogen and oxygen atoms in total. The zero-order valence-electron chi connectivity index (χ0n) is 17.4. The summed E-state index contributed by atoms with van der Waals surface area (Å²) in [5.74, 6) is -1.96. The van der Waals surface area contributed by atoms with Gasteiger partial charge in [0.1, 0.15) is 30.1 Å². The first-order chi connectivity index (χ1) is 13.2. The van der Waals surface area contributed by atoms with Gasteiger partial charge < -0.3 is 25.2 Å². The summed E-state index contributed by atoms with van der Waals surface area (Å²) in [5.41, 5.74) is -1.17. The number of carbonyl (C=O) groups excluding carboxylic acids is 3. The molecule has 0 saturated carbocycles. The summed E-state index contributed by atoms with van der Waals surface area (Å²) >= 11 is 0.